The maximum absolute atomic E-state index is 12.7. The summed E-state index contributed by atoms with van der Waals surface area (Å²) in [5, 5.41) is 0. The topological polar surface area (TPSA) is 49.6 Å². The van der Waals surface area contributed by atoms with E-state index in [9.17, 15) is 4.79 Å². The molecular weight excluding hydrogens is 238 g/mol. The number of nitrogens with zero attached hydrogens (tertiary/aromatic N) is 2. The van der Waals surface area contributed by atoms with E-state index in [1.54, 1.807) is 0 Å². The molecule has 1 heterocycles. The molecule has 2 N–H and O–H groups in total. The third-order valence-corrected chi connectivity index (χ3v) is 5.22. The quantitative estimate of drug-likeness (QED) is 0.830. The van der Waals surface area contributed by atoms with E-state index in [0.29, 0.717) is 18.4 Å². The average Bonchev–Trinajstić information content (AvgIpc) is 3.31. The molecule has 108 valence electrons. The monoisotopic (exact) mass is 265 g/mol. The highest BCUT2D eigenvalue weighted by Gasteiger charge is 2.36. The van der Waals surface area contributed by atoms with Crippen molar-refractivity contribution in [3.63, 3.8) is 0 Å². The van der Waals surface area contributed by atoms with Crippen LogP contribution in [-0.2, 0) is 4.79 Å². The molecule has 1 amide bonds. The minimum Gasteiger partial charge on any atom is -0.340 e. The van der Waals surface area contributed by atoms with Crippen molar-refractivity contribution in [1.82, 2.24) is 9.80 Å². The van der Waals surface area contributed by atoms with Gasteiger partial charge in [-0.1, -0.05) is 12.8 Å². The van der Waals surface area contributed by atoms with E-state index in [-0.39, 0.29) is 5.92 Å². The summed E-state index contributed by atoms with van der Waals surface area (Å²) in [7, 11) is 0. The molecule has 0 aromatic rings. The molecule has 0 spiro atoms. The first kappa shape index (κ1) is 13.4. The van der Waals surface area contributed by atoms with Crippen LogP contribution in [-0.4, -0.2) is 54.5 Å². The van der Waals surface area contributed by atoms with Crippen LogP contribution in [0.15, 0.2) is 0 Å². The number of hydrogen-bond donors (Lipinski definition) is 1. The van der Waals surface area contributed by atoms with Gasteiger partial charge in [0.25, 0.3) is 0 Å². The van der Waals surface area contributed by atoms with Crippen molar-refractivity contribution in [3.05, 3.63) is 0 Å². The number of hydrogen-bond acceptors (Lipinski definition) is 3. The Balaban J connectivity index is 1.54. The highest BCUT2D eigenvalue weighted by molar-refractivity contribution is 5.79. The first-order valence-electron chi connectivity index (χ1n) is 8.02. The van der Waals surface area contributed by atoms with Crippen molar-refractivity contribution in [2.75, 3.05) is 32.7 Å². The summed E-state index contributed by atoms with van der Waals surface area (Å²) in [6.45, 7) is 4.71. The minimum atomic E-state index is 0.214. The zero-order valence-electron chi connectivity index (χ0n) is 11.9. The van der Waals surface area contributed by atoms with Gasteiger partial charge < -0.3 is 10.6 Å². The van der Waals surface area contributed by atoms with Crippen molar-refractivity contribution in [2.24, 2.45) is 17.6 Å². The predicted molar refractivity (Wildman–Crippen MR) is 75.7 cm³/mol. The molecule has 0 radical (unpaired) electrons. The molecule has 2 unspecified atom stereocenters. The van der Waals surface area contributed by atoms with Crippen molar-refractivity contribution in [1.29, 1.82) is 0 Å². The predicted octanol–water partition coefficient (Wildman–Crippen LogP) is 1.06. The summed E-state index contributed by atoms with van der Waals surface area (Å²) >= 11 is 0. The molecule has 2 atom stereocenters. The van der Waals surface area contributed by atoms with Crippen LogP contribution in [0.1, 0.15) is 38.5 Å². The Morgan fingerprint density at radius 3 is 2.32 bits per heavy atom. The third kappa shape index (κ3) is 2.95. The van der Waals surface area contributed by atoms with E-state index in [1.807, 2.05) is 0 Å². The Bertz CT molecular complexity index is 321. The van der Waals surface area contributed by atoms with E-state index < -0.39 is 0 Å². The molecule has 0 bridgehead atoms. The van der Waals surface area contributed by atoms with Gasteiger partial charge in [0.1, 0.15) is 0 Å². The van der Waals surface area contributed by atoms with E-state index >= 15 is 0 Å². The number of nitrogens with two attached hydrogens (primary N) is 1. The Morgan fingerprint density at radius 2 is 1.68 bits per heavy atom. The number of piperazine rings is 1. The standard InChI is InChI=1S/C15H27N3O/c16-11-12-3-1-2-4-14(12)15(19)18-9-7-17(8-10-18)13-5-6-13/h12-14H,1-11,16H2. The van der Waals surface area contributed by atoms with Crippen molar-refractivity contribution in [2.45, 2.75) is 44.6 Å². The lowest BCUT2D eigenvalue weighted by atomic mass is 9.78. The molecular formula is C15H27N3O. The zero-order valence-corrected chi connectivity index (χ0v) is 11.9. The maximum atomic E-state index is 12.7. The van der Waals surface area contributed by atoms with Crippen LogP contribution in [0.5, 0.6) is 0 Å². The summed E-state index contributed by atoms with van der Waals surface area (Å²) in [6, 6.07) is 0.837. The Hall–Kier alpha value is -0.610. The van der Waals surface area contributed by atoms with Gasteiger partial charge in [0.05, 0.1) is 0 Å². The van der Waals surface area contributed by atoms with E-state index in [4.69, 9.17) is 5.73 Å². The fourth-order valence-electron chi connectivity index (χ4n) is 3.80. The molecule has 3 rings (SSSR count). The van der Waals surface area contributed by atoms with Crippen LogP contribution in [0.25, 0.3) is 0 Å². The van der Waals surface area contributed by atoms with Crippen molar-refractivity contribution >= 4 is 5.91 Å². The number of amides is 1. The molecule has 1 aliphatic heterocycles. The van der Waals surface area contributed by atoms with Gasteiger partial charge in [0, 0.05) is 38.1 Å². The van der Waals surface area contributed by atoms with Gasteiger partial charge in [-0.3, -0.25) is 9.69 Å². The number of carbonyl (C=O) groups is 1. The van der Waals surface area contributed by atoms with Gasteiger partial charge in [0.15, 0.2) is 0 Å². The van der Waals surface area contributed by atoms with Crippen LogP contribution < -0.4 is 5.73 Å². The van der Waals surface area contributed by atoms with Crippen molar-refractivity contribution in [3.8, 4) is 0 Å². The van der Waals surface area contributed by atoms with E-state index in [0.717, 1.165) is 45.1 Å². The SMILES string of the molecule is NCC1CCCCC1C(=O)N1CCN(C2CC2)CC1. The van der Waals surface area contributed by atoms with Crippen LogP contribution >= 0.6 is 0 Å². The van der Waals surface area contributed by atoms with Crippen LogP contribution in [0.3, 0.4) is 0 Å². The second-order valence-electron chi connectivity index (χ2n) is 6.48. The minimum absolute atomic E-state index is 0.214. The average molecular weight is 265 g/mol. The van der Waals surface area contributed by atoms with Crippen LogP contribution in [0.4, 0.5) is 0 Å². The summed E-state index contributed by atoms with van der Waals surface area (Å²) in [6.07, 6.45) is 7.40. The highest BCUT2D eigenvalue weighted by Crippen LogP contribution is 2.32. The van der Waals surface area contributed by atoms with Gasteiger partial charge >= 0.3 is 0 Å². The lowest BCUT2D eigenvalue weighted by Crippen LogP contribution is -2.52. The maximum Gasteiger partial charge on any atom is 0.226 e. The van der Waals surface area contributed by atoms with E-state index in [1.165, 1.54) is 25.7 Å². The first-order chi connectivity index (χ1) is 9.29. The number of rotatable bonds is 3. The van der Waals surface area contributed by atoms with Gasteiger partial charge in [0.2, 0.25) is 5.91 Å². The molecule has 0 aromatic heterocycles. The lowest BCUT2D eigenvalue weighted by molar-refractivity contribution is -0.140. The summed E-state index contributed by atoms with van der Waals surface area (Å²) < 4.78 is 0. The molecule has 0 aromatic carbocycles. The molecule has 2 saturated carbocycles. The molecule has 4 nitrogen and oxygen atoms in total. The Morgan fingerprint density at radius 1 is 1.00 bits per heavy atom. The molecule has 2 aliphatic carbocycles. The normalized spacial score (nSPS) is 33.4. The smallest absolute Gasteiger partial charge is 0.226 e. The van der Waals surface area contributed by atoms with Gasteiger partial charge in [-0.05, 0) is 38.1 Å². The summed E-state index contributed by atoms with van der Waals surface area (Å²) in [4.78, 5) is 17.3. The lowest BCUT2D eigenvalue weighted by Gasteiger charge is -2.39. The molecule has 4 heteroatoms. The number of carbonyl (C=O) groups excluding carboxylic acids is 1. The molecule has 3 aliphatic rings. The highest BCUT2D eigenvalue weighted by atomic mass is 16.2. The first-order valence-corrected chi connectivity index (χ1v) is 8.02. The molecule has 3 fully saturated rings. The summed E-state index contributed by atoms with van der Waals surface area (Å²) in [5.41, 5.74) is 5.85. The Kier molecular flexibility index (Phi) is 4.08. The van der Waals surface area contributed by atoms with E-state index in [2.05, 4.69) is 9.80 Å². The molecule has 1 saturated heterocycles. The fourth-order valence-corrected chi connectivity index (χ4v) is 3.80. The van der Waals surface area contributed by atoms with Crippen LogP contribution in [0.2, 0.25) is 0 Å². The second kappa shape index (κ2) is 5.80. The molecule has 19 heavy (non-hydrogen) atoms. The van der Waals surface area contributed by atoms with Gasteiger partial charge in [-0.15, -0.1) is 0 Å². The summed E-state index contributed by atoms with van der Waals surface area (Å²) in [5.74, 6) is 1.04. The van der Waals surface area contributed by atoms with Gasteiger partial charge in [-0.25, -0.2) is 0 Å². The van der Waals surface area contributed by atoms with Gasteiger partial charge in [-0.2, -0.15) is 0 Å². The van der Waals surface area contributed by atoms with Crippen LogP contribution in [0, 0.1) is 11.8 Å². The Labute approximate surface area is 116 Å². The second-order valence-corrected chi connectivity index (χ2v) is 6.48. The zero-order chi connectivity index (χ0) is 13.2. The third-order valence-electron chi connectivity index (χ3n) is 5.22. The fraction of sp³-hybridized carbons (Fsp3) is 0.933. The van der Waals surface area contributed by atoms with Crippen molar-refractivity contribution < 1.29 is 4.79 Å². The largest absolute Gasteiger partial charge is 0.340 e.